The van der Waals surface area contributed by atoms with E-state index in [1.165, 1.54) is 4.90 Å². The fraction of sp³-hybridized carbons (Fsp3) is 0.645. The zero-order valence-corrected chi connectivity index (χ0v) is 24.5. The van der Waals surface area contributed by atoms with Crippen LogP contribution in [0.4, 0.5) is 4.79 Å². The first kappa shape index (κ1) is 32.2. The van der Waals surface area contributed by atoms with Crippen molar-refractivity contribution < 1.29 is 24.2 Å². The number of carbonyl (C=O) groups is 3. The first-order chi connectivity index (χ1) is 18.4. The van der Waals surface area contributed by atoms with Gasteiger partial charge in [-0.15, -0.1) is 6.42 Å². The molecule has 1 fully saturated rings. The molecule has 3 N–H and O–H groups in total. The molecular formula is C31H47N3O5. The Kier molecular flexibility index (Phi) is 12.3. The molecule has 1 saturated carbocycles. The van der Waals surface area contributed by atoms with E-state index in [4.69, 9.17) is 11.2 Å². The van der Waals surface area contributed by atoms with Gasteiger partial charge in [0.05, 0.1) is 6.61 Å². The summed E-state index contributed by atoms with van der Waals surface area (Å²) in [6.07, 6.45) is 11.3. The molecule has 8 nitrogen and oxygen atoms in total. The van der Waals surface area contributed by atoms with E-state index in [9.17, 15) is 19.5 Å². The lowest BCUT2D eigenvalue weighted by molar-refractivity contribution is -0.146. The first-order valence-corrected chi connectivity index (χ1v) is 14.2. The van der Waals surface area contributed by atoms with Crippen LogP contribution in [0, 0.1) is 18.3 Å². The monoisotopic (exact) mass is 541 g/mol. The highest BCUT2D eigenvalue weighted by molar-refractivity contribution is 5.92. The van der Waals surface area contributed by atoms with Gasteiger partial charge in [-0.2, -0.15) is 0 Å². The smallest absolute Gasteiger partial charge is 0.408 e. The summed E-state index contributed by atoms with van der Waals surface area (Å²) in [7, 11) is 0. The lowest BCUT2D eigenvalue weighted by atomic mass is 9.93. The van der Waals surface area contributed by atoms with Gasteiger partial charge in [0.1, 0.15) is 17.7 Å². The van der Waals surface area contributed by atoms with E-state index in [0.717, 1.165) is 38.5 Å². The Morgan fingerprint density at radius 3 is 2.21 bits per heavy atom. The van der Waals surface area contributed by atoms with Gasteiger partial charge >= 0.3 is 6.09 Å². The van der Waals surface area contributed by atoms with Gasteiger partial charge in [-0.3, -0.25) is 9.59 Å². The second kappa shape index (κ2) is 14.9. The van der Waals surface area contributed by atoms with Crippen LogP contribution in [0.2, 0.25) is 0 Å². The van der Waals surface area contributed by atoms with Crippen molar-refractivity contribution in [3.8, 4) is 12.3 Å². The third kappa shape index (κ3) is 10.2. The van der Waals surface area contributed by atoms with Gasteiger partial charge in [-0.1, -0.05) is 51.2 Å². The van der Waals surface area contributed by atoms with E-state index < -0.39 is 36.3 Å². The topological polar surface area (TPSA) is 108 Å². The van der Waals surface area contributed by atoms with Gasteiger partial charge in [0, 0.05) is 17.6 Å². The van der Waals surface area contributed by atoms with Crippen molar-refractivity contribution in [3.05, 3.63) is 35.4 Å². The normalized spacial score (nSPS) is 16.5. The minimum Gasteiger partial charge on any atom is -0.444 e. The summed E-state index contributed by atoms with van der Waals surface area (Å²) in [5.74, 6) is 2.14. The molecule has 0 radical (unpaired) electrons. The number of ether oxygens (including phenoxy) is 1. The lowest BCUT2D eigenvalue weighted by Crippen LogP contribution is -2.57. The van der Waals surface area contributed by atoms with E-state index in [-0.39, 0.29) is 18.0 Å². The van der Waals surface area contributed by atoms with Gasteiger partial charge < -0.3 is 25.4 Å². The molecule has 0 saturated heterocycles. The summed E-state index contributed by atoms with van der Waals surface area (Å²) >= 11 is 0. The van der Waals surface area contributed by atoms with Crippen molar-refractivity contribution in [1.29, 1.82) is 0 Å². The Bertz CT molecular complexity index is 987. The first-order valence-electron chi connectivity index (χ1n) is 14.2. The highest BCUT2D eigenvalue weighted by Crippen LogP contribution is 2.29. The fourth-order valence-electron chi connectivity index (χ4n) is 4.85. The number of aliphatic hydroxyl groups is 1. The maximum Gasteiger partial charge on any atom is 0.408 e. The van der Waals surface area contributed by atoms with Gasteiger partial charge in [0.2, 0.25) is 11.8 Å². The zero-order valence-electron chi connectivity index (χ0n) is 24.5. The summed E-state index contributed by atoms with van der Waals surface area (Å²) in [6.45, 7) is 10.6. The average Bonchev–Trinajstić information content (AvgIpc) is 2.88. The number of rotatable bonds is 11. The summed E-state index contributed by atoms with van der Waals surface area (Å²) in [6, 6.07) is 4.47. The number of amides is 3. The van der Waals surface area contributed by atoms with Crippen LogP contribution in [0.1, 0.15) is 104 Å². The molecule has 0 aromatic heterocycles. The molecule has 0 bridgehead atoms. The second-order valence-electron chi connectivity index (χ2n) is 12.0. The Morgan fingerprint density at radius 2 is 1.69 bits per heavy atom. The van der Waals surface area contributed by atoms with Crippen LogP contribution in [0.5, 0.6) is 0 Å². The molecule has 3 atom stereocenters. The highest BCUT2D eigenvalue weighted by atomic mass is 16.6. The zero-order chi connectivity index (χ0) is 29.2. The Labute approximate surface area is 234 Å². The van der Waals surface area contributed by atoms with Crippen molar-refractivity contribution >= 4 is 17.9 Å². The predicted octanol–water partition coefficient (Wildman–Crippen LogP) is 4.70. The van der Waals surface area contributed by atoms with E-state index in [2.05, 4.69) is 30.4 Å². The third-order valence-electron chi connectivity index (χ3n) is 6.93. The molecule has 0 heterocycles. The average molecular weight is 542 g/mol. The van der Waals surface area contributed by atoms with Crippen LogP contribution in [0.25, 0.3) is 0 Å². The van der Waals surface area contributed by atoms with Crippen LogP contribution >= 0.6 is 0 Å². The Balaban J connectivity index is 2.50. The second-order valence-corrected chi connectivity index (χ2v) is 12.0. The number of alkyl carbamates (subject to hydrolysis) is 1. The van der Waals surface area contributed by atoms with Gasteiger partial charge in [-0.05, 0) is 77.0 Å². The number of hydrogen-bond donors (Lipinski definition) is 3. The highest BCUT2D eigenvalue weighted by Gasteiger charge is 2.39. The predicted molar refractivity (Wildman–Crippen MR) is 153 cm³/mol. The standard InChI is InChI=1S/C31H47N3O5/c1-8-23-16-18-24(19-17-23)27(28(36)32-25-12-10-9-11-13-25)34(22(4)15-14-21(2)3)29(37)26(20-35)33-30(38)39-31(5,6)7/h1,16-19,21-22,25-27,35H,9-15,20H2,2-7H3,(H,32,36)(H,33,38). The quantitative estimate of drug-likeness (QED) is 0.352. The number of aliphatic hydroxyl groups excluding tert-OH is 1. The van der Waals surface area contributed by atoms with E-state index in [1.807, 2.05) is 6.92 Å². The molecule has 1 aromatic carbocycles. The minimum atomic E-state index is -1.28. The largest absolute Gasteiger partial charge is 0.444 e. The molecule has 0 aliphatic heterocycles. The van der Waals surface area contributed by atoms with Crippen LogP contribution in [0.3, 0.4) is 0 Å². The van der Waals surface area contributed by atoms with E-state index in [0.29, 0.717) is 23.5 Å². The van der Waals surface area contributed by atoms with E-state index in [1.54, 1.807) is 45.0 Å². The third-order valence-corrected chi connectivity index (χ3v) is 6.93. The summed E-state index contributed by atoms with van der Waals surface area (Å²) in [5.41, 5.74) is 0.496. The molecular weight excluding hydrogens is 494 g/mol. The fourth-order valence-corrected chi connectivity index (χ4v) is 4.85. The number of benzene rings is 1. The van der Waals surface area contributed by atoms with Gasteiger partial charge in [-0.25, -0.2) is 4.79 Å². The molecule has 0 spiro atoms. The summed E-state index contributed by atoms with van der Waals surface area (Å²) in [5, 5.41) is 15.9. The van der Waals surface area contributed by atoms with Crippen LogP contribution in [0.15, 0.2) is 24.3 Å². The SMILES string of the molecule is C#Cc1ccc(C(C(=O)NC2CCCCC2)N(C(=O)C(CO)NC(=O)OC(C)(C)C)C(C)CCC(C)C)cc1. The van der Waals surface area contributed by atoms with Crippen molar-refractivity contribution in [2.24, 2.45) is 5.92 Å². The number of hydrogen-bond acceptors (Lipinski definition) is 5. The van der Waals surface area contributed by atoms with Gasteiger partial charge in [0.15, 0.2) is 0 Å². The molecule has 2 rings (SSSR count). The lowest BCUT2D eigenvalue weighted by Gasteiger charge is -2.39. The Morgan fingerprint density at radius 1 is 1.08 bits per heavy atom. The van der Waals surface area contributed by atoms with Crippen molar-refractivity contribution in [1.82, 2.24) is 15.5 Å². The van der Waals surface area contributed by atoms with Crippen molar-refractivity contribution in [2.45, 2.75) is 116 Å². The molecule has 216 valence electrons. The molecule has 3 unspecified atom stereocenters. The number of terminal acetylenes is 1. The maximum atomic E-state index is 14.1. The van der Waals surface area contributed by atoms with E-state index >= 15 is 0 Å². The molecule has 1 aliphatic rings. The molecule has 8 heteroatoms. The summed E-state index contributed by atoms with van der Waals surface area (Å²) < 4.78 is 5.33. The number of carbonyl (C=O) groups excluding carboxylic acids is 3. The number of nitrogens with one attached hydrogen (secondary N) is 2. The van der Waals surface area contributed by atoms with Crippen LogP contribution in [-0.2, 0) is 14.3 Å². The van der Waals surface area contributed by atoms with Gasteiger partial charge in [0.25, 0.3) is 0 Å². The molecule has 1 aromatic rings. The summed E-state index contributed by atoms with van der Waals surface area (Å²) in [4.78, 5) is 42.1. The van der Waals surface area contributed by atoms with Crippen molar-refractivity contribution in [3.63, 3.8) is 0 Å². The van der Waals surface area contributed by atoms with Crippen LogP contribution in [-0.4, -0.2) is 58.2 Å². The van der Waals surface area contributed by atoms with Crippen molar-refractivity contribution in [2.75, 3.05) is 6.61 Å². The maximum absolute atomic E-state index is 14.1. The Hall–Kier alpha value is -3.05. The molecule has 1 aliphatic carbocycles. The van der Waals surface area contributed by atoms with Crippen LogP contribution < -0.4 is 10.6 Å². The molecule has 3 amide bonds. The minimum absolute atomic E-state index is 0.0372. The molecule has 39 heavy (non-hydrogen) atoms. The number of nitrogens with zero attached hydrogens (tertiary/aromatic N) is 1.